The maximum Gasteiger partial charge on any atom is 0.255 e. The van der Waals surface area contributed by atoms with Gasteiger partial charge in [-0.15, -0.1) is 0 Å². The standard InChI is InChI=1S/C21H19N5O/c22-11-15-3-1-2-4-16(15)12-26-10-9-19-18(13-26)21(27)25-20(24-19)14-5-7-17(23)8-6-14/h1-8H,9-10,12-13,23H2,(H,24,25,27). The molecule has 2 aromatic carbocycles. The molecule has 0 amide bonds. The molecule has 1 aliphatic rings. The van der Waals surface area contributed by atoms with E-state index in [1.807, 2.05) is 36.4 Å². The van der Waals surface area contributed by atoms with Gasteiger partial charge in [0.1, 0.15) is 5.82 Å². The molecule has 27 heavy (non-hydrogen) atoms. The van der Waals surface area contributed by atoms with Crippen molar-refractivity contribution in [1.82, 2.24) is 14.9 Å². The number of anilines is 1. The predicted octanol–water partition coefficient (Wildman–Crippen LogP) is 2.45. The Bertz CT molecular complexity index is 1080. The van der Waals surface area contributed by atoms with Gasteiger partial charge in [0.2, 0.25) is 0 Å². The minimum Gasteiger partial charge on any atom is -0.399 e. The predicted molar refractivity (Wildman–Crippen MR) is 104 cm³/mol. The van der Waals surface area contributed by atoms with Crippen LogP contribution in [-0.4, -0.2) is 21.4 Å². The molecular formula is C21H19N5O. The van der Waals surface area contributed by atoms with Gasteiger partial charge in [-0.05, 0) is 35.9 Å². The van der Waals surface area contributed by atoms with E-state index in [1.54, 1.807) is 12.1 Å². The number of nitrogens with one attached hydrogen (secondary N) is 1. The molecule has 2 heterocycles. The van der Waals surface area contributed by atoms with Crippen molar-refractivity contribution < 1.29 is 0 Å². The Morgan fingerprint density at radius 1 is 1.19 bits per heavy atom. The highest BCUT2D eigenvalue weighted by atomic mass is 16.1. The second kappa shape index (κ2) is 7.06. The number of fused-ring (bicyclic) bond motifs is 1. The molecular weight excluding hydrogens is 338 g/mol. The van der Waals surface area contributed by atoms with E-state index >= 15 is 0 Å². The molecule has 6 nitrogen and oxygen atoms in total. The van der Waals surface area contributed by atoms with Crippen molar-refractivity contribution in [2.24, 2.45) is 0 Å². The second-order valence-electron chi connectivity index (χ2n) is 6.69. The van der Waals surface area contributed by atoms with Gasteiger partial charge < -0.3 is 10.7 Å². The van der Waals surface area contributed by atoms with Crippen LogP contribution >= 0.6 is 0 Å². The van der Waals surface area contributed by atoms with Crippen LogP contribution in [0.3, 0.4) is 0 Å². The van der Waals surface area contributed by atoms with Crippen molar-refractivity contribution in [3.63, 3.8) is 0 Å². The number of H-pyrrole nitrogens is 1. The second-order valence-corrected chi connectivity index (χ2v) is 6.69. The maximum atomic E-state index is 12.6. The lowest BCUT2D eigenvalue weighted by Gasteiger charge is -2.28. The van der Waals surface area contributed by atoms with Gasteiger partial charge in [-0.1, -0.05) is 18.2 Å². The zero-order chi connectivity index (χ0) is 18.8. The van der Waals surface area contributed by atoms with Crippen LogP contribution in [-0.2, 0) is 19.5 Å². The molecule has 1 aliphatic heterocycles. The molecule has 0 unspecified atom stereocenters. The number of hydrogen-bond donors (Lipinski definition) is 2. The molecule has 0 saturated carbocycles. The van der Waals surface area contributed by atoms with Crippen LogP contribution in [0, 0.1) is 11.3 Å². The molecule has 6 heteroatoms. The molecule has 4 rings (SSSR count). The quantitative estimate of drug-likeness (QED) is 0.702. The smallest absolute Gasteiger partial charge is 0.255 e. The zero-order valence-electron chi connectivity index (χ0n) is 14.8. The van der Waals surface area contributed by atoms with Gasteiger partial charge in [-0.3, -0.25) is 9.69 Å². The first-order valence-electron chi connectivity index (χ1n) is 8.82. The van der Waals surface area contributed by atoms with E-state index < -0.39 is 0 Å². The van der Waals surface area contributed by atoms with Crippen molar-refractivity contribution in [2.45, 2.75) is 19.5 Å². The van der Waals surface area contributed by atoms with Crippen molar-refractivity contribution in [2.75, 3.05) is 12.3 Å². The van der Waals surface area contributed by atoms with Crippen LogP contribution in [0.2, 0.25) is 0 Å². The van der Waals surface area contributed by atoms with Crippen LogP contribution in [0.5, 0.6) is 0 Å². The molecule has 0 radical (unpaired) electrons. The summed E-state index contributed by atoms with van der Waals surface area (Å²) < 4.78 is 0. The molecule has 0 spiro atoms. The first kappa shape index (κ1) is 17.0. The van der Waals surface area contributed by atoms with Crippen LogP contribution in [0.1, 0.15) is 22.4 Å². The first-order valence-corrected chi connectivity index (χ1v) is 8.82. The van der Waals surface area contributed by atoms with Crippen molar-refractivity contribution in [3.8, 4) is 17.5 Å². The van der Waals surface area contributed by atoms with Crippen LogP contribution in [0.25, 0.3) is 11.4 Å². The fourth-order valence-electron chi connectivity index (χ4n) is 3.40. The van der Waals surface area contributed by atoms with Gasteiger partial charge in [0.05, 0.1) is 22.9 Å². The summed E-state index contributed by atoms with van der Waals surface area (Å²) in [5, 5.41) is 9.26. The summed E-state index contributed by atoms with van der Waals surface area (Å²) in [6.07, 6.45) is 0.704. The van der Waals surface area contributed by atoms with Crippen molar-refractivity contribution >= 4 is 5.69 Å². The number of aromatic amines is 1. The summed E-state index contributed by atoms with van der Waals surface area (Å²) in [7, 11) is 0. The van der Waals surface area contributed by atoms with E-state index in [-0.39, 0.29) is 5.56 Å². The largest absolute Gasteiger partial charge is 0.399 e. The molecule has 0 aliphatic carbocycles. The Labute approximate surface area is 156 Å². The third-order valence-corrected chi connectivity index (χ3v) is 4.86. The SMILES string of the molecule is N#Cc1ccccc1CN1CCc2nc(-c3ccc(N)cc3)[nH]c(=O)c2C1. The normalized spacial score (nSPS) is 13.7. The molecule has 0 fully saturated rings. The molecule has 0 saturated heterocycles. The number of hydrogen-bond acceptors (Lipinski definition) is 5. The Morgan fingerprint density at radius 3 is 2.74 bits per heavy atom. The van der Waals surface area contributed by atoms with E-state index in [0.717, 1.165) is 23.4 Å². The average molecular weight is 357 g/mol. The van der Waals surface area contributed by atoms with Crippen molar-refractivity contribution in [3.05, 3.63) is 81.3 Å². The number of aromatic nitrogens is 2. The van der Waals surface area contributed by atoms with Gasteiger partial charge >= 0.3 is 0 Å². The molecule has 3 N–H and O–H groups in total. The van der Waals surface area contributed by atoms with Gasteiger partial charge in [0.25, 0.3) is 5.56 Å². The zero-order valence-corrected chi connectivity index (χ0v) is 14.8. The van der Waals surface area contributed by atoms with E-state index in [0.29, 0.717) is 42.1 Å². The molecule has 3 aromatic rings. The summed E-state index contributed by atoms with van der Waals surface area (Å²) >= 11 is 0. The minimum absolute atomic E-state index is 0.106. The number of nitrogen functional groups attached to an aromatic ring is 1. The topological polar surface area (TPSA) is 98.8 Å². The third-order valence-electron chi connectivity index (χ3n) is 4.86. The lowest BCUT2D eigenvalue weighted by Crippen LogP contribution is -2.35. The number of nitrogens with two attached hydrogens (primary N) is 1. The number of benzene rings is 2. The molecule has 0 bridgehead atoms. The van der Waals surface area contributed by atoms with Crippen LogP contribution < -0.4 is 11.3 Å². The molecule has 134 valence electrons. The highest BCUT2D eigenvalue weighted by molar-refractivity contribution is 5.58. The Morgan fingerprint density at radius 2 is 1.96 bits per heavy atom. The first-order chi connectivity index (χ1) is 13.1. The highest BCUT2D eigenvalue weighted by Crippen LogP contribution is 2.21. The Balaban J connectivity index is 1.59. The number of rotatable bonds is 3. The summed E-state index contributed by atoms with van der Waals surface area (Å²) in [4.78, 5) is 22.4. The number of nitrogens with zero attached hydrogens (tertiary/aromatic N) is 3. The Hall–Kier alpha value is -3.43. The Kier molecular flexibility index (Phi) is 4.45. The molecule has 1 aromatic heterocycles. The van der Waals surface area contributed by atoms with E-state index in [4.69, 9.17) is 5.73 Å². The van der Waals surface area contributed by atoms with E-state index in [9.17, 15) is 10.1 Å². The van der Waals surface area contributed by atoms with Gasteiger partial charge in [0, 0.05) is 37.3 Å². The van der Waals surface area contributed by atoms with Gasteiger partial charge in [0.15, 0.2) is 0 Å². The summed E-state index contributed by atoms with van der Waals surface area (Å²) in [6.45, 7) is 1.96. The molecule has 0 atom stereocenters. The lowest BCUT2D eigenvalue weighted by molar-refractivity contribution is 0.241. The summed E-state index contributed by atoms with van der Waals surface area (Å²) in [6, 6.07) is 17.1. The lowest BCUT2D eigenvalue weighted by atomic mass is 10.0. The summed E-state index contributed by atoms with van der Waals surface area (Å²) in [5.41, 5.74) is 10.3. The van der Waals surface area contributed by atoms with Crippen LogP contribution in [0.4, 0.5) is 5.69 Å². The van der Waals surface area contributed by atoms with E-state index in [2.05, 4.69) is 20.9 Å². The summed E-state index contributed by atoms with van der Waals surface area (Å²) in [5.74, 6) is 0.571. The average Bonchev–Trinajstić information content (AvgIpc) is 2.69. The fraction of sp³-hybridized carbons (Fsp3) is 0.190. The minimum atomic E-state index is -0.106. The monoisotopic (exact) mass is 357 g/mol. The fourth-order valence-corrected chi connectivity index (χ4v) is 3.40. The number of nitriles is 1. The van der Waals surface area contributed by atoms with Gasteiger partial charge in [-0.25, -0.2) is 4.98 Å². The van der Waals surface area contributed by atoms with Gasteiger partial charge in [-0.2, -0.15) is 5.26 Å². The third kappa shape index (κ3) is 3.46. The highest BCUT2D eigenvalue weighted by Gasteiger charge is 2.22. The maximum absolute atomic E-state index is 12.6. The van der Waals surface area contributed by atoms with Crippen LogP contribution in [0.15, 0.2) is 53.3 Å². The van der Waals surface area contributed by atoms with Crippen molar-refractivity contribution in [1.29, 1.82) is 5.26 Å². The van der Waals surface area contributed by atoms with E-state index in [1.165, 1.54) is 0 Å².